The van der Waals surface area contributed by atoms with Gasteiger partial charge in [0.2, 0.25) is 0 Å². The maximum absolute atomic E-state index is 12.6. The number of rotatable bonds is 2. The average Bonchev–Trinajstić information content (AvgIpc) is 2.41. The molecule has 0 saturated heterocycles. The maximum Gasteiger partial charge on any atom is 0.333 e. The van der Waals surface area contributed by atoms with Crippen LogP contribution in [0.4, 0.5) is 0 Å². The van der Waals surface area contributed by atoms with E-state index in [0.717, 1.165) is 6.42 Å². The highest BCUT2D eigenvalue weighted by molar-refractivity contribution is 5.87. The highest BCUT2D eigenvalue weighted by Crippen LogP contribution is 2.61. The summed E-state index contributed by atoms with van der Waals surface area (Å²) in [6.45, 7) is 33.9. The molecule has 0 radical (unpaired) electrons. The molecule has 1 fully saturated rings. The zero-order chi connectivity index (χ0) is 22.5. The minimum absolute atomic E-state index is 0.0460. The summed E-state index contributed by atoms with van der Waals surface area (Å²) in [5, 5.41) is 0. The fourth-order valence-corrected chi connectivity index (χ4v) is 5.82. The lowest BCUT2D eigenvalue weighted by atomic mass is 9.45. The van der Waals surface area contributed by atoms with Crippen LogP contribution in [0.15, 0.2) is 12.2 Å². The van der Waals surface area contributed by atoms with E-state index in [-0.39, 0.29) is 33.7 Å². The summed E-state index contributed by atoms with van der Waals surface area (Å²) in [7, 11) is 0. The molecule has 1 aliphatic rings. The minimum atomic E-state index is -0.242. The van der Waals surface area contributed by atoms with Crippen molar-refractivity contribution in [2.24, 2.45) is 45.3 Å². The number of carbonyl (C=O) groups excluding carboxylic acids is 1. The van der Waals surface area contributed by atoms with Gasteiger partial charge in [-0.3, -0.25) is 0 Å². The van der Waals surface area contributed by atoms with Gasteiger partial charge < -0.3 is 4.74 Å². The number of hydrogen-bond acceptors (Lipinski definition) is 2. The Hall–Kier alpha value is -0.790. The van der Waals surface area contributed by atoms with Crippen LogP contribution < -0.4 is 0 Å². The van der Waals surface area contributed by atoms with Crippen molar-refractivity contribution in [1.29, 1.82) is 0 Å². The molecule has 0 aromatic heterocycles. The van der Waals surface area contributed by atoms with Crippen LogP contribution in [0.2, 0.25) is 0 Å². The molecule has 164 valence electrons. The third kappa shape index (κ3) is 5.63. The second kappa shape index (κ2) is 7.80. The van der Waals surface area contributed by atoms with Gasteiger partial charge in [-0.05, 0) is 52.8 Å². The predicted molar refractivity (Wildman–Crippen MR) is 121 cm³/mol. The summed E-state index contributed by atoms with van der Waals surface area (Å²) in [4.78, 5) is 12.6. The van der Waals surface area contributed by atoms with Crippen molar-refractivity contribution in [2.45, 2.75) is 103 Å². The summed E-state index contributed by atoms with van der Waals surface area (Å²) in [6, 6.07) is 0. The minimum Gasteiger partial charge on any atom is -0.459 e. The van der Waals surface area contributed by atoms with E-state index in [1.54, 1.807) is 6.92 Å². The lowest BCUT2D eigenvalue weighted by Gasteiger charge is -2.61. The Bertz CT molecular complexity index is 572. The molecule has 5 unspecified atom stereocenters. The van der Waals surface area contributed by atoms with Gasteiger partial charge in [0.25, 0.3) is 0 Å². The van der Waals surface area contributed by atoms with E-state index < -0.39 is 0 Å². The zero-order valence-electron chi connectivity index (χ0n) is 21.1. The molecule has 5 atom stereocenters. The van der Waals surface area contributed by atoms with E-state index in [9.17, 15) is 4.79 Å². The second-order valence-electron chi connectivity index (χ2n) is 13.6. The topological polar surface area (TPSA) is 26.3 Å². The van der Waals surface area contributed by atoms with Crippen molar-refractivity contribution < 1.29 is 9.53 Å². The summed E-state index contributed by atoms with van der Waals surface area (Å²) < 4.78 is 6.17. The first-order valence-corrected chi connectivity index (χ1v) is 11.1. The van der Waals surface area contributed by atoms with Crippen LogP contribution in [0, 0.1) is 45.3 Å². The first-order chi connectivity index (χ1) is 12.2. The van der Waals surface area contributed by atoms with Crippen molar-refractivity contribution in [3.63, 3.8) is 0 Å². The Balaban J connectivity index is 3.69. The molecular formula is C26H48O2. The Labute approximate surface area is 175 Å². The van der Waals surface area contributed by atoms with Crippen LogP contribution in [0.3, 0.4) is 0 Å². The zero-order valence-corrected chi connectivity index (χ0v) is 21.1. The third-order valence-corrected chi connectivity index (χ3v) is 6.81. The molecule has 0 aliphatic heterocycles. The van der Waals surface area contributed by atoms with Crippen molar-refractivity contribution >= 4 is 5.97 Å². The smallest absolute Gasteiger partial charge is 0.333 e. The lowest BCUT2D eigenvalue weighted by molar-refractivity contribution is -0.186. The summed E-state index contributed by atoms with van der Waals surface area (Å²) >= 11 is 0. The lowest BCUT2D eigenvalue weighted by Crippen LogP contribution is -2.58. The van der Waals surface area contributed by atoms with Crippen molar-refractivity contribution in [3.05, 3.63) is 12.2 Å². The van der Waals surface area contributed by atoms with Crippen LogP contribution in [0.25, 0.3) is 0 Å². The molecule has 1 rings (SSSR count). The van der Waals surface area contributed by atoms with Crippen molar-refractivity contribution in [3.8, 4) is 0 Å². The van der Waals surface area contributed by atoms with E-state index in [0.29, 0.717) is 29.2 Å². The number of carbonyl (C=O) groups is 1. The maximum atomic E-state index is 12.6. The highest BCUT2D eigenvalue weighted by atomic mass is 16.5. The monoisotopic (exact) mass is 392 g/mol. The number of ether oxygens (including phenoxy) is 1. The van der Waals surface area contributed by atoms with E-state index in [1.807, 2.05) is 0 Å². The molecule has 28 heavy (non-hydrogen) atoms. The van der Waals surface area contributed by atoms with Crippen LogP contribution in [0.5, 0.6) is 0 Å². The second-order valence-corrected chi connectivity index (χ2v) is 13.6. The van der Waals surface area contributed by atoms with E-state index in [2.05, 4.69) is 89.7 Å². The van der Waals surface area contributed by atoms with Gasteiger partial charge in [0.15, 0.2) is 0 Å². The molecule has 0 bridgehead atoms. The van der Waals surface area contributed by atoms with Crippen LogP contribution in [0.1, 0.15) is 96.4 Å². The van der Waals surface area contributed by atoms with Crippen molar-refractivity contribution in [2.75, 3.05) is 0 Å². The average molecular weight is 393 g/mol. The normalized spacial score (nSPS) is 30.1. The van der Waals surface area contributed by atoms with Gasteiger partial charge in [-0.2, -0.15) is 0 Å². The molecule has 1 saturated carbocycles. The summed E-state index contributed by atoms with van der Waals surface area (Å²) in [5.41, 5.74) is 0.990. The van der Waals surface area contributed by atoms with E-state index in [4.69, 9.17) is 4.74 Å². The molecule has 0 N–H and O–H groups in total. The van der Waals surface area contributed by atoms with Gasteiger partial charge in [0.1, 0.15) is 6.10 Å². The molecular weight excluding hydrogens is 344 g/mol. The largest absolute Gasteiger partial charge is 0.459 e. The first kappa shape index (κ1) is 25.2. The quantitative estimate of drug-likeness (QED) is 0.358. The van der Waals surface area contributed by atoms with Gasteiger partial charge in [0, 0.05) is 11.5 Å². The molecule has 0 amide bonds. The Morgan fingerprint density at radius 2 is 1.11 bits per heavy atom. The van der Waals surface area contributed by atoms with Crippen LogP contribution >= 0.6 is 0 Å². The molecule has 0 spiro atoms. The SMILES string of the molecule is C=C(C)C(=O)OC1CC(C(C)(C)C)C(C(C)(C)C)C(C(C)(C)C)C1C(C)(C)C. The van der Waals surface area contributed by atoms with Crippen LogP contribution in [-0.2, 0) is 9.53 Å². The van der Waals surface area contributed by atoms with Crippen molar-refractivity contribution in [1.82, 2.24) is 0 Å². The van der Waals surface area contributed by atoms with E-state index in [1.165, 1.54) is 0 Å². The molecule has 0 aromatic carbocycles. The fourth-order valence-electron chi connectivity index (χ4n) is 5.82. The third-order valence-electron chi connectivity index (χ3n) is 6.81. The Kier molecular flexibility index (Phi) is 7.03. The van der Waals surface area contributed by atoms with Gasteiger partial charge in [-0.1, -0.05) is 89.7 Å². The molecule has 0 heterocycles. The molecule has 0 aromatic rings. The highest BCUT2D eigenvalue weighted by Gasteiger charge is 2.58. The first-order valence-electron chi connectivity index (χ1n) is 11.1. The molecule has 1 aliphatic carbocycles. The predicted octanol–water partition coefficient (Wildman–Crippen LogP) is 7.53. The van der Waals surface area contributed by atoms with Gasteiger partial charge >= 0.3 is 5.97 Å². The van der Waals surface area contributed by atoms with E-state index >= 15 is 0 Å². The Morgan fingerprint density at radius 3 is 1.39 bits per heavy atom. The molecule has 2 nitrogen and oxygen atoms in total. The van der Waals surface area contributed by atoms with Gasteiger partial charge in [-0.15, -0.1) is 0 Å². The molecule has 2 heteroatoms. The van der Waals surface area contributed by atoms with Crippen LogP contribution in [-0.4, -0.2) is 12.1 Å². The number of hydrogen-bond donors (Lipinski definition) is 0. The summed E-state index contributed by atoms with van der Waals surface area (Å²) in [5.74, 6) is 1.55. The van der Waals surface area contributed by atoms with Gasteiger partial charge in [0.05, 0.1) is 0 Å². The summed E-state index contributed by atoms with van der Waals surface area (Å²) in [6.07, 6.45) is 0.857. The Morgan fingerprint density at radius 1 is 0.714 bits per heavy atom. The van der Waals surface area contributed by atoms with Gasteiger partial charge in [-0.25, -0.2) is 4.79 Å². The number of esters is 1. The standard InChI is InChI=1S/C26H48O2/c1-16(2)22(27)28-18-15-17(23(3,4)5)19(24(6,7)8)21(26(12,13)14)20(18)25(9,10)11/h17-21H,1,15H2,2-14H3. The fraction of sp³-hybridized carbons (Fsp3) is 0.885.